The van der Waals surface area contributed by atoms with Gasteiger partial charge in [-0.1, -0.05) is 5.16 Å². The van der Waals surface area contributed by atoms with Gasteiger partial charge in [-0.2, -0.15) is 15.3 Å². The fraction of sp³-hybridized carbons (Fsp3) is 0.429. The average molecular weight is 547 g/mol. The third-order valence-corrected chi connectivity index (χ3v) is 7.24. The van der Waals surface area contributed by atoms with Crippen molar-refractivity contribution in [1.29, 1.82) is 5.26 Å². The number of aryl methyl sites for hydroxylation is 1. The van der Waals surface area contributed by atoms with Crippen molar-refractivity contribution in [2.24, 2.45) is 0 Å². The van der Waals surface area contributed by atoms with Crippen LogP contribution in [0.15, 0.2) is 41.2 Å². The van der Waals surface area contributed by atoms with Gasteiger partial charge in [0.25, 0.3) is 5.91 Å². The smallest absolute Gasteiger partial charge is 0.255 e. The van der Waals surface area contributed by atoms with E-state index in [4.69, 9.17) is 4.52 Å². The summed E-state index contributed by atoms with van der Waals surface area (Å²) in [4.78, 5) is 22.0. The van der Waals surface area contributed by atoms with Crippen molar-refractivity contribution in [3.8, 4) is 17.5 Å². The van der Waals surface area contributed by atoms with Gasteiger partial charge in [0.05, 0.1) is 52.1 Å². The zero-order valence-electron chi connectivity index (χ0n) is 22.6. The molecule has 0 aliphatic heterocycles. The number of amides is 1. The van der Waals surface area contributed by atoms with E-state index in [1.54, 1.807) is 23.6 Å². The van der Waals surface area contributed by atoms with Crippen LogP contribution in [0.3, 0.4) is 0 Å². The lowest BCUT2D eigenvalue weighted by Crippen LogP contribution is -2.42. The molecule has 5 rings (SSSR count). The number of hydrogen-bond donors (Lipinski definition) is 3. The first-order chi connectivity index (χ1) is 19.1. The summed E-state index contributed by atoms with van der Waals surface area (Å²) in [5.41, 5.74) is 1.70. The average Bonchev–Trinajstić information content (AvgIpc) is 3.57. The number of nitrogens with zero attached hydrogens (tertiary/aromatic N) is 6. The van der Waals surface area contributed by atoms with Crippen molar-refractivity contribution in [2.75, 3.05) is 11.9 Å². The minimum Gasteiger partial charge on any atom is -0.387 e. The molecule has 0 radical (unpaired) electrons. The molecule has 11 nitrogen and oxygen atoms in total. The SMILES string of the molecule is Cc1nc(C2CCC(Nc3cc(-c4ccc5cc(C#N)cnn45)ncc3C(=O)NC[C@@H](F)C(C)(C)O)CC2)no1. The van der Waals surface area contributed by atoms with Crippen LogP contribution in [0.2, 0.25) is 0 Å². The Hall–Kier alpha value is -4.37. The van der Waals surface area contributed by atoms with E-state index in [1.807, 2.05) is 12.1 Å². The summed E-state index contributed by atoms with van der Waals surface area (Å²) in [6.07, 6.45) is 4.68. The number of aromatic nitrogens is 5. The molecule has 12 heteroatoms. The van der Waals surface area contributed by atoms with Crippen molar-refractivity contribution in [3.05, 3.63) is 59.5 Å². The van der Waals surface area contributed by atoms with E-state index in [0.29, 0.717) is 28.5 Å². The molecule has 0 unspecified atom stereocenters. The Morgan fingerprint density at radius 2 is 2.05 bits per heavy atom. The van der Waals surface area contributed by atoms with Crippen molar-refractivity contribution >= 4 is 17.1 Å². The molecule has 4 aromatic heterocycles. The molecule has 0 aromatic carbocycles. The van der Waals surface area contributed by atoms with E-state index in [2.05, 4.69) is 36.9 Å². The summed E-state index contributed by atoms with van der Waals surface area (Å²) in [6, 6.07) is 9.38. The van der Waals surface area contributed by atoms with Crippen LogP contribution in [0.1, 0.15) is 73.1 Å². The zero-order valence-corrected chi connectivity index (χ0v) is 22.6. The van der Waals surface area contributed by atoms with Gasteiger partial charge < -0.3 is 20.3 Å². The van der Waals surface area contributed by atoms with E-state index in [0.717, 1.165) is 37.0 Å². The Morgan fingerprint density at radius 1 is 1.27 bits per heavy atom. The number of carbonyl (C=O) groups is 1. The molecule has 0 spiro atoms. The molecule has 1 fully saturated rings. The summed E-state index contributed by atoms with van der Waals surface area (Å²) in [5, 5.41) is 33.6. The van der Waals surface area contributed by atoms with Gasteiger partial charge in [0, 0.05) is 25.1 Å². The lowest BCUT2D eigenvalue weighted by molar-refractivity contribution is -0.00177. The van der Waals surface area contributed by atoms with Crippen LogP contribution < -0.4 is 10.6 Å². The van der Waals surface area contributed by atoms with E-state index in [9.17, 15) is 19.6 Å². The van der Waals surface area contributed by atoms with Gasteiger partial charge in [-0.3, -0.25) is 9.78 Å². The highest BCUT2D eigenvalue weighted by Gasteiger charge is 2.29. The minimum atomic E-state index is -1.64. The molecular weight excluding hydrogens is 515 g/mol. The second kappa shape index (κ2) is 11.0. The minimum absolute atomic E-state index is 0.0803. The maximum Gasteiger partial charge on any atom is 0.255 e. The van der Waals surface area contributed by atoms with Gasteiger partial charge in [-0.25, -0.2) is 8.91 Å². The van der Waals surface area contributed by atoms with Gasteiger partial charge in [-0.05, 0) is 63.8 Å². The van der Waals surface area contributed by atoms with E-state index in [-0.39, 0.29) is 24.1 Å². The molecule has 1 aliphatic rings. The normalized spacial score (nSPS) is 18.3. The fourth-order valence-corrected chi connectivity index (χ4v) is 4.87. The van der Waals surface area contributed by atoms with Crippen molar-refractivity contribution in [3.63, 3.8) is 0 Å². The molecule has 4 heterocycles. The van der Waals surface area contributed by atoms with Crippen LogP contribution in [-0.2, 0) is 0 Å². The third kappa shape index (κ3) is 5.79. The lowest BCUT2D eigenvalue weighted by Gasteiger charge is -2.29. The number of pyridine rings is 1. The largest absolute Gasteiger partial charge is 0.387 e. The van der Waals surface area contributed by atoms with E-state index in [1.165, 1.54) is 26.2 Å². The highest BCUT2D eigenvalue weighted by molar-refractivity contribution is 6.00. The van der Waals surface area contributed by atoms with Gasteiger partial charge in [-0.15, -0.1) is 0 Å². The number of aliphatic hydroxyl groups is 1. The number of halogens is 1. The third-order valence-electron chi connectivity index (χ3n) is 7.24. The van der Waals surface area contributed by atoms with Crippen LogP contribution in [0, 0.1) is 18.3 Å². The number of rotatable bonds is 8. The first kappa shape index (κ1) is 27.2. The Bertz CT molecular complexity index is 1560. The maximum absolute atomic E-state index is 14.3. The molecule has 1 atom stereocenters. The summed E-state index contributed by atoms with van der Waals surface area (Å²) < 4.78 is 21.2. The molecule has 208 valence electrons. The van der Waals surface area contributed by atoms with Gasteiger partial charge in [0.15, 0.2) is 5.82 Å². The second-order valence-electron chi connectivity index (χ2n) is 10.7. The molecule has 3 N–H and O–H groups in total. The van der Waals surface area contributed by atoms with Crippen LogP contribution in [0.5, 0.6) is 0 Å². The van der Waals surface area contributed by atoms with E-state index < -0.39 is 17.7 Å². The lowest BCUT2D eigenvalue weighted by atomic mass is 9.85. The summed E-state index contributed by atoms with van der Waals surface area (Å²) >= 11 is 0. The maximum atomic E-state index is 14.3. The molecule has 1 aliphatic carbocycles. The molecule has 0 bridgehead atoms. The quantitative estimate of drug-likeness (QED) is 0.298. The molecule has 0 saturated heterocycles. The number of alkyl halides is 1. The predicted molar refractivity (Wildman–Crippen MR) is 144 cm³/mol. The summed E-state index contributed by atoms with van der Waals surface area (Å²) in [5.74, 6) is 0.987. The topological polar surface area (TPSA) is 154 Å². The van der Waals surface area contributed by atoms with Crippen molar-refractivity contribution < 1.29 is 18.8 Å². The second-order valence-corrected chi connectivity index (χ2v) is 10.7. The number of fused-ring (bicyclic) bond motifs is 1. The van der Waals surface area contributed by atoms with Crippen LogP contribution >= 0.6 is 0 Å². The molecule has 1 amide bonds. The van der Waals surface area contributed by atoms with Gasteiger partial charge in [0.1, 0.15) is 12.2 Å². The first-order valence-electron chi connectivity index (χ1n) is 13.2. The van der Waals surface area contributed by atoms with Crippen LogP contribution in [-0.4, -0.2) is 60.1 Å². The Morgan fingerprint density at radius 3 is 2.73 bits per heavy atom. The van der Waals surface area contributed by atoms with Crippen molar-refractivity contribution in [2.45, 2.75) is 70.2 Å². The number of carbonyl (C=O) groups excluding carboxylic acids is 1. The Kier molecular flexibility index (Phi) is 7.49. The number of anilines is 1. The van der Waals surface area contributed by atoms with Gasteiger partial charge in [0.2, 0.25) is 5.89 Å². The predicted octanol–water partition coefficient (Wildman–Crippen LogP) is 3.94. The van der Waals surface area contributed by atoms with Gasteiger partial charge >= 0.3 is 0 Å². The zero-order chi connectivity index (χ0) is 28.4. The van der Waals surface area contributed by atoms with Crippen molar-refractivity contribution in [1.82, 2.24) is 30.1 Å². The number of hydrogen-bond acceptors (Lipinski definition) is 9. The fourth-order valence-electron chi connectivity index (χ4n) is 4.87. The number of nitrogens with one attached hydrogen (secondary N) is 2. The van der Waals surface area contributed by atoms with Crippen LogP contribution in [0.4, 0.5) is 10.1 Å². The molecule has 40 heavy (non-hydrogen) atoms. The Balaban J connectivity index is 1.40. The summed E-state index contributed by atoms with van der Waals surface area (Å²) in [6.45, 7) is 4.15. The molecule has 1 saturated carbocycles. The summed E-state index contributed by atoms with van der Waals surface area (Å²) in [7, 11) is 0. The highest BCUT2D eigenvalue weighted by Crippen LogP contribution is 2.34. The Labute approximate surface area is 230 Å². The monoisotopic (exact) mass is 546 g/mol. The molecule has 4 aromatic rings. The first-order valence-corrected chi connectivity index (χ1v) is 13.2. The van der Waals surface area contributed by atoms with E-state index >= 15 is 0 Å². The molecular formula is C28H31FN8O3. The number of nitriles is 1. The standard InChI is InChI=1S/C28H31FN8O3/c1-16-34-26(36-40-16)18-4-6-19(7-5-18)35-22-11-23(24-9-8-20-10-17(12-30)13-33-37(20)24)31-14-21(22)27(38)32-15-25(29)28(2,3)39/h8-11,13-14,18-19,25,39H,4-7,15H2,1-3H3,(H,31,35)(H,32,38)/t18?,19?,25-/m1/s1. The van der Waals surface area contributed by atoms with Crippen LogP contribution in [0.25, 0.3) is 16.9 Å². The highest BCUT2D eigenvalue weighted by atomic mass is 19.1.